The molecule has 4 heteroatoms. The molecule has 2 aromatic carbocycles. The molecule has 2 N–H and O–H groups in total. The van der Waals surface area contributed by atoms with Crippen LogP contribution in [0.1, 0.15) is 29.5 Å². The van der Waals surface area contributed by atoms with E-state index in [1.165, 1.54) is 5.56 Å². The first kappa shape index (κ1) is 14.9. The van der Waals surface area contributed by atoms with Crippen LogP contribution in [0, 0.1) is 5.92 Å². The highest BCUT2D eigenvalue weighted by Crippen LogP contribution is 2.54. The van der Waals surface area contributed by atoms with E-state index in [4.69, 9.17) is 22.1 Å². The van der Waals surface area contributed by atoms with Gasteiger partial charge < -0.3 is 10.5 Å². The first-order valence-corrected chi connectivity index (χ1v) is 8.12. The molecule has 0 aliphatic heterocycles. The fourth-order valence-corrected chi connectivity index (χ4v) is 3.96. The maximum absolute atomic E-state index is 6.48. The first-order chi connectivity index (χ1) is 10.1. The molecule has 0 saturated heterocycles. The first-order valence-electron chi connectivity index (χ1n) is 6.95. The van der Waals surface area contributed by atoms with Crippen molar-refractivity contribution in [1.29, 1.82) is 0 Å². The molecule has 2 aromatic rings. The van der Waals surface area contributed by atoms with E-state index < -0.39 is 0 Å². The smallest absolute Gasteiger partial charge is 0.137 e. The molecule has 0 amide bonds. The molecule has 1 fully saturated rings. The number of methoxy groups -OCH3 is 1. The fraction of sp³-hybridized carbons (Fsp3) is 0.294. The number of nitrogens with two attached hydrogens (primary N) is 1. The quantitative estimate of drug-likeness (QED) is 0.834. The molecule has 110 valence electrons. The molecule has 0 aromatic heterocycles. The molecular formula is C17H17BrClNO. The second-order valence-electron chi connectivity index (χ2n) is 5.45. The summed E-state index contributed by atoms with van der Waals surface area (Å²) in [6, 6.07) is 14.2. The SMILES string of the molecule is COc1c(Br)cc(Cl)cc1C(N)C1CC1c1ccccc1. The van der Waals surface area contributed by atoms with Crippen molar-refractivity contribution >= 4 is 27.5 Å². The number of ether oxygens (including phenoxy) is 1. The van der Waals surface area contributed by atoms with Crippen molar-refractivity contribution < 1.29 is 4.74 Å². The van der Waals surface area contributed by atoms with Crippen LogP contribution in [0.5, 0.6) is 5.75 Å². The predicted octanol–water partition coefficient (Wildman–Crippen LogP) is 4.91. The van der Waals surface area contributed by atoms with Gasteiger partial charge in [0, 0.05) is 16.6 Å². The average Bonchev–Trinajstić information content (AvgIpc) is 3.27. The molecule has 1 aliphatic carbocycles. The van der Waals surface area contributed by atoms with Gasteiger partial charge in [0.05, 0.1) is 11.6 Å². The van der Waals surface area contributed by atoms with Gasteiger partial charge >= 0.3 is 0 Å². The summed E-state index contributed by atoms with van der Waals surface area (Å²) in [5.41, 5.74) is 8.81. The van der Waals surface area contributed by atoms with Gasteiger partial charge in [-0.2, -0.15) is 0 Å². The zero-order chi connectivity index (χ0) is 15.0. The van der Waals surface area contributed by atoms with Crippen LogP contribution in [0.4, 0.5) is 0 Å². The molecule has 0 radical (unpaired) electrons. The van der Waals surface area contributed by atoms with Crippen molar-refractivity contribution in [1.82, 2.24) is 0 Å². The minimum atomic E-state index is -0.0693. The van der Waals surface area contributed by atoms with E-state index in [0.717, 1.165) is 22.2 Å². The normalized spacial score (nSPS) is 21.9. The van der Waals surface area contributed by atoms with E-state index in [1.807, 2.05) is 18.2 Å². The second-order valence-corrected chi connectivity index (χ2v) is 6.74. The summed E-state index contributed by atoms with van der Waals surface area (Å²) in [6.07, 6.45) is 1.11. The van der Waals surface area contributed by atoms with Crippen LogP contribution in [-0.4, -0.2) is 7.11 Å². The third kappa shape index (κ3) is 2.96. The lowest BCUT2D eigenvalue weighted by molar-refractivity contribution is 0.400. The van der Waals surface area contributed by atoms with E-state index in [2.05, 4.69) is 40.2 Å². The van der Waals surface area contributed by atoms with Crippen molar-refractivity contribution in [2.24, 2.45) is 11.7 Å². The average molecular weight is 367 g/mol. The standard InChI is InChI=1S/C17H17BrClNO/c1-21-17-14(7-11(19)8-15(17)18)16(20)13-9-12(13)10-5-3-2-4-6-10/h2-8,12-13,16H,9,20H2,1H3. The summed E-state index contributed by atoms with van der Waals surface area (Å²) in [7, 11) is 1.66. The van der Waals surface area contributed by atoms with Crippen molar-refractivity contribution in [3.8, 4) is 5.75 Å². The highest BCUT2D eigenvalue weighted by atomic mass is 79.9. The molecule has 0 heterocycles. The molecule has 2 nitrogen and oxygen atoms in total. The van der Waals surface area contributed by atoms with Gasteiger partial charge in [-0.1, -0.05) is 41.9 Å². The molecule has 3 unspecified atom stereocenters. The monoisotopic (exact) mass is 365 g/mol. The van der Waals surface area contributed by atoms with E-state index in [-0.39, 0.29) is 6.04 Å². The molecular weight excluding hydrogens is 350 g/mol. The minimum absolute atomic E-state index is 0.0693. The Labute approximate surface area is 138 Å². The Balaban J connectivity index is 1.86. The molecule has 21 heavy (non-hydrogen) atoms. The van der Waals surface area contributed by atoms with Crippen molar-refractivity contribution in [3.05, 3.63) is 63.1 Å². The second kappa shape index (κ2) is 5.99. The Hall–Kier alpha value is -1.03. The zero-order valence-electron chi connectivity index (χ0n) is 11.7. The number of hydrogen-bond acceptors (Lipinski definition) is 2. The topological polar surface area (TPSA) is 35.2 Å². The summed E-state index contributed by atoms with van der Waals surface area (Å²) in [6.45, 7) is 0. The van der Waals surface area contributed by atoms with E-state index in [1.54, 1.807) is 7.11 Å². The lowest BCUT2D eigenvalue weighted by Crippen LogP contribution is -2.15. The van der Waals surface area contributed by atoms with Crippen LogP contribution in [0.15, 0.2) is 46.9 Å². The molecule has 3 atom stereocenters. The Kier molecular flexibility index (Phi) is 4.25. The third-order valence-corrected chi connectivity index (χ3v) is 4.94. The van der Waals surface area contributed by atoms with Gasteiger partial charge in [-0.25, -0.2) is 0 Å². The summed E-state index contributed by atoms with van der Waals surface area (Å²) < 4.78 is 6.33. The Morgan fingerprint density at radius 2 is 2.00 bits per heavy atom. The zero-order valence-corrected chi connectivity index (χ0v) is 14.1. The highest BCUT2D eigenvalue weighted by Gasteiger charge is 2.43. The molecule has 1 saturated carbocycles. The van der Waals surface area contributed by atoms with Gasteiger partial charge in [-0.3, -0.25) is 0 Å². The van der Waals surface area contributed by atoms with E-state index in [0.29, 0.717) is 16.9 Å². The van der Waals surface area contributed by atoms with Crippen molar-refractivity contribution in [2.75, 3.05) is 7.11 Å². The van der Waals surface area contributed by atoms with Gasteiger partial charge in [0.15, 0.2) is 0 Å². The van der Waals surface area contributed by atoms with Crippen molar-refractivity contribution in [3.63, 3.8) is 0 Å². The van der Waals surface area contributed by atoms with Gasteiger partial charge in [0.2, 0.25) is 0 Å². The van der Waals surface area contributed by atoms with E-state index >= 15 is 0 Å². The lowest BCUT2D eigenvalue weighted by Gasteiger charge is -2.17. The summed E-state index contributed by atoms with van der Waals surface area (Å²) >= 11 is 9.65. The van der Waals surface area contributed by atoms with Gasteiger partial charge in [-0.15, -0.1) is 0 Å². The van der Waals surface area contributed by atoms with Crippen LogP contribution in [0.3, 0.4) is 0 Å². The molecule has 0 spiro atoms. The molecule has 0 bridgehead atoms. The molecule has 1 aliphatic rings. The molecule has 3 rings (SSSR count). The van der Waals surface area contributed by atoms with E-state index in [9.17, 15) is 0 Å². The lowest BCUT2D eigenvalue weighted by atomic mass is 9.99. The Morgan fingerprint density at radius 3 is 2.67 bits per heavy atom. The number of rotatable bonds is 4. The minimum Gasteiger partial charge on any atom is -0.495 e. The van der Waals surface area contributed by atoms with Crippen LogP contribution in [0.25, 0.3) is 0 Å². The van der Waals surface area contributed by atoms with Gasteiger partial charge in [0.1, 0.15) is 5.75 Å². The number of benzene rings is 2. The number of hydrogen-bond donors (Lipinski definition) is 1. The van der Waals surface area contributed by atoms with Crippen LogP contribution in [-0.2, 0) is 0 Å². The summed E-state index contributed by atoms with van der Waals surface area (Å²) in [4.78, 5) is 0. The third-order valence-electron chi connectivity index (χ3n) is 4.13. The fourth-order valence-electron chi connectivity index (χ4n) is 2.97. The van der Waals surface area contributed by atoms with Gasteiger partial charge in [0.25, 0.3) is 0 Å². The maximum Gasteiger partial charge on any atom is 0.137 e. The van der Waals surface area contributed by atoms with Gasteiger partial charge in [-0.05, 0) is 51.9 Å². The number of halogens is 2. The summed E-state index contributed by atoms with van der Waals surface area (Å²) in [5.74, 6) is 1.75. The van der Waals surface area contributed by atoms with Crippen LogP contribution >= 0.6 is 27.5 Å². The predicted molar refractivity (Wildman–Crippen MR) is 89.9 cm³/mol. The highest BCUT2D eigenvalue weighted by molar-refractivity contribution is 9.10. The largest absolute Gasteiger partial charge is 0.495 e. The Morgan fingerprint density at radius 1 is 1.29 bits per heavy atom. The van der Waals surface area contributed by atoms with Crippen molar-refractivity contribution in [2.45, 2.75) is 18.4 Å². The van der Waals surface area contributed by atoms with Crippen LogP contribution in [0.2, 0.25) is 5.02 Å². The summed E-state index contributed by atoms with van der Waals surface area (Å²) in [5, 5.41) is 0.671. The maximum atomic E-state index is 6.48. The van der Waals surface area contributed by atoms with Crippen LogP contribution < -0.4 is 10.5 Å². The Bertz CT molecular complexity index is 647.